The fourth-order valence-electron chi connectivity index (χ4n) is 3.51. The molecule has 2 atom stereocenters. The van der Waals surface area contributed by atoms with E-state index in [9.17, 15) is 4.89 Å². The van der Waals surface area contributed by atoms with Crippen molar-refractivity contribution in [2.45, 2.75) is 58.8 Å². The van der Waals surface area contributed by atoms with Crippen molar-refractivity contribution in [2.75, 3.05) is 0 Å². The van der Waals surface area contributed by atoms with Gasteiger partial charge in [-0.3, -0.25) is 4.31 Å². The monoisotopic (exact) mass is 456 g/mol. The molecule has 0 spiro atoms. The SMILES string of the molecule is CC(C)(C)c1ccc(O/[PH](OPO)=C2/C=CC(c3ccccc3)=CC2)c(C(C)(C)C)c1. The summed E-state index contributed by atoms with van der Waals surface area (Å²) in [4.78, 5) is 9.55. The Labute approximate surface area is 189 Å². The first kappa shape index (κ1) is 24.0. The largest absolute Gasteiger partial charge is 0.454 e. The van der Waals surface area contributed by atoms with Gasteiger partial charge in [0.05, 0.1) is 0 Å². The average Bonchev–Trinajstić information content (AvgIpc) is 2.73. The molecule has 2 aromatic rings. The maximum Gasteiger partial charge on any atom is 0.171 e. The third-order valence-electron chi connectivity index (χ3n) is 5.37. The minimum Gasteiger partial charge on any atom is -0.454 e. The summed E-state index contributed by atoms with van der Waals surface area (Å²) in [6, 6.07) is 16.8. The molecule has 0 aromatic heterocycles. The zero-order valence-corrected chi connectivity index (χ0v) is 21.3. The van der Waals surface area contributed by atoms with Crippen LogP contribution in [0.5, 0.6) is 5.75 Å². The van der Waals surface area contributed by atoms with Gasteiger partial charge in [0.15, 0.2) is 17.0 Å². The molecule has 0 amide bonds. The lowest BCUT2D eigenvalue weighted by atomic mass is 9.80. The van der Waals surface area contributed by atoms with E-state index in [1.54, 1.807) is 0 Å². The number of benzene rings is 2. The predicted molar refractivity (Wildman–Crippen MR) is 138 cm³/mol. The van der Waals surface area contributed by atoms with E-state index in [1.165, 1.54) is 16.7 Å². The van der Waals surface area contributed by atoms with Crippen LogP contribution in [0.15, 0.2) is 66.8 Å². The van der Waals surface area contributed by atoms with Gasteiger partial charge in [-0.1, -0.05) is 102 Å². The summed E-state index contributed by atoms with van der Waals surface area (Å²) in [7, 11) is -2.44. The Kier molecular flexibility index (Phi) is 7.66. The van der Waals surface area contributed by atoms with Crippen LogP contribution in [0.4, 0.5) is 0 Å². The van der Waals surface area contributed by atoms with Crippen molar-refractivity contribution in [3.05, 3.63) is 83.4 Å². The van der Waals surface area contributed by atoms with Crippen LogP contribution in [0.2, 0.25) is 0 Å². The van der Waals surface area contributed by atoms with E-state index in [2.05, 4.69) is 90.1 Å². The first-order valence-corrected chi connectivity index (χ1v) is 12.8. The highest BCUT2D eigenvalue weighted by atomic mass is 31.2. The summed E-state index contributed by atoms with van der Waals surface area (Å²) in [5, 5.41) is 1.09. The van der Waals surface area contributed by atoms with E-state index in [0.29, 0.717) is 0 Å². The van der Waals surface area contributed by atoms with Crippen molar-refractivity contribution < 1.29 is 13.7 Å². The third-order valence-corrected chi connectivity index (χ3v) is 7.78. The van der Waals surface area contributed by atoms with Gasteiger partial charge in [0, 0.05) is 10.9 Å². The second-order valence-electron chi connectivity index (χ2n) is 9.88. The second-order valence-corrected chi connectivity index (χ2v) is 12.3. The van der Waals surface area contributed by atoms with Gasteiger partial charge >= 0.3 is 0 Å². The molecule has 5 heteroatoms. The Balaban J connectivity index is 1.94. The molecule has 166 valence electrons. The van der Waals surface area contributed by atoms with E-state index in [1.807, 2.05) is 18.2 Å². The topological polar surface area (TPSA) is 38.7 Å². The minimum atomic E-state index is -1.83. The van der Waals surface area contributed by atoms with Gasteiger partial charge in [-0.05, 0) is 40.0 Å². The lowest BCUT2D eigenvalue weighted by molar-refractivity contribution is 0.478. The molecule has 1 N–H and O–H groups in total. The molecule has 31 heavy (non-hydrogen) atoms. The maximum absolute atomic E-state index is 9.55. The number of hydrogen-bond acceptors (Lipinski definition) is 3. The number of hydrogen-bond donors (Lipinski definition) is 1. The average molecular weight is 457 g/mol. The van der Waals surface area contributed by atoms with E-state index < -0.39 is 17.0 Å². The minimum absolute atomic E-state index is 0.0643. The Hall–Kier alpha value is -1.63. The fraction of sp³-hybridized carbons (Fsp3) is 0.346. The zero-order chi connectivity index (χ0) is 22.6. The summed E-state index contributed by atoms with van der Waals surface area (Å²) in [5.41, 5.74) is 4.83. The Morgan fingerprint density at radius 2 is 1.61 bits per heavy atom. The summed E-state index contributed by atoms with van der Waals surface area (Å²) in [6.07, 6.45) is 7.16. The van der Waals surface area contributed by atoms with Crippen LogP contribution in [0.25, 0.3) is 5.57 Å². The van der Waals surface area contributed by atoms with Crippen molar-refractivity contribution >= 4 is 27.9 Å². The summed E-state index contributed by atoms with van der Waals surface area (Å²) in [5.74, 6) is 0.839. The smallest absolute Gasteiger partial charge is 0.171 e. The van der Waals surface area contributed by atoms with Gasteiger partial charge in [0.25, 0.3) is 0 Å². The maximum atomic E-state index is 9.55. The van der Waals surface area contributed by atoms with Gasteiger partial charge in [-0.2, -0.15) is 0 Å². The van der Waals surface area contributed by atoms with Crippen LogP contribution in [0, 0.1) is 0 Å². The molecule has 0 aliphatic heterocycles. The summed E-state index contributed by atoms with van der Waals surface area (Å²) in [6.45, 7) is 13.3. The highest BCUT2D eigenvalue weighted by Gasteiger charge is 2.24. The first-order valence-electron chi connectivity index (χ1n) is 10.6. The van der Waals surface area contributed by atoms with Crippen LogP contribution >= 0.6 is 17.0 Å². The quantitative estimate of drug-likeness (QED) is 0.475. The van der Waals surface area contributed by atoms with E-state index in [0.717, 1.165) is 23.0 Å². The van der Waals surface area contributed by atoms with E-state index in [4.69, 9.17) is 8.83 Å². The van der Waals surface area contributed by atoms with Crippen LogP contribution in [0.3, 0.4) is 0 Å². The predicted octanol–water partition coefficient (Wildman–Crippen LogP) is 7.44. The molecular weight excluding hydrogens is 422 g/mol. The molecule has 1 aliphatic rings. The lowest BCUT2D eigenvalue weighted by Gasteiger charge is -2.28. The highest BCUT2D eigenvalue weighted by Crippen LogP contribution is 2.44. The van der Waals surface area contributed by atoms with Crippen LogP contribution < -0.4 is 4.52 Å². The normalized spacial score (nSPS) is 17.1. The molecule has 0 saturated heterocycles. The second kappa shape index (κ2) is 9.88. The van der Waals surface area contributed by atoms with Crippen molar-refractivity contribution in [1.29, 1.82) is 0 Å². The van der Waals surface area contributed by atoms with Crippen molar-refractivity contribution in [1.82, 2.24) is 0 Å². The number of allylic oxidation sites excluding steroid dienone is 4. The lowest BCUT2D eigenvalue weighted by Crippen LogP contribution is -2.17. The van der Waals surface area contributed by atoms with E-state index >= 15 is 0 Å². The summed E-state index contributed by atoms with van der Waals surface area (Å²) >= 11 is 0. The van der Waals surface area contributed by atoms with Gasteiger partial charge in [0.2, 0.25) is 0 Å². The molecule has 2 aromatic carbocycles. The molecule has 1 aliphatic carbocycles. The Morgan fingerprint density at radius 1 is 0.903 bits per heavy atom. The van der Waals surface area contributed by atoms with Crippen molar-refractivity contribution in [3.63, 3.8) is 0 Å². The van der Waals surface area contributed by atoms with Crippen LogP contribution in [0.1, 0.15) is 64.7 Å². The van der Waals surface area contributed by atoms with Crippen LogP contribution in [-0.2, 0) is 15.1 Å². The molecule has 3 rings (SSSR count). The van der Waals surface area contributed by atoms with Gasteiger partial charge in [-0.25, -0.2) is 0 Å². The first-order chi connectivity index (χ1) is 14.6. The number of rotatable bonds is 5. The Morgan fingerprint density at radius 3 is 2.16 bits per heavy atom. The molecule has 0 heterocycles. The molecule has 2 unspecified atom stereocenters. The molecular formula is C26H34O3P2. The van der Waals surface area contributed by atoms with Crippen molar-refractivity contribution in [2.24, 2.45) is 0 Å². The van der Waals surface area contributed by atoms with Crippen molar-refractivity contribution in [3.8, 4) is 5.75 Å². The molecule has 0 radical (unpaired) electrons. The van der Waals surface area contributed by atoms with E-state index in [-0.39, 0.29) is 10.8 Å². The van der Waals surface area contributed by atoms with Gasteiger partial charge in [0.1, 0.15) is 5.75 Å². The van der Waals surface area contributed by atoms with Gasteiger partial charge < -0.3 is 9.42 Å². The summed E-state index contributed by atoms with van der Waals surface area (Å²) < 4.78 is 12.2. The van der Waals surface area contributed by atoms with Gasteiger partial charge in [-0.15, -0.1) is 0 Å². The molecule has 0 fully saturated rings. The molecule has 3 nitrogen and oxygen atoms in total. The molecule has 0 saturated carbocycles. The standard InChI is InChI=1S/C26H34O3P2/c1-25(2,3)21-14-17-24(23(18-21)26(4,5)6)28-31(29-30-27)22-15-12-20(13-16-22)19-10-8-7-9-11-19/h7-15,17-18,27,30-31H,16H2,1-6H3. The van der Waals surface area contributed by atoms with Crippen LogP contribution in [-0.4, -0.2) is 10.2 Å². The molecule has 0 bridgehead atoms. The fourth-order valence-corrected chi connectivity index (χ4v) is 5.53. The zero-order valence-electron chi connectivity index (χ0n) is 19.3. The highest BCUT2D eigenvalue weighted by molar-refractivity contribution is 7.55. The third kappa shape index (κ3) is 6.21. The Bertz CT molecular complexity index is 1010.